The molecule has 116 valence electrons. The summed E-state index contributed by atoms with van der Waals surface area (Å²) in [7, 11) is 0. The van der Waals surface area contributed by atoms with Gasteiger partial charge in [0.2, 0.25) is 5.91 Å². The molecule has 0 saturated heterocycles. The second kappa shape index (κ2) is 7.54. The van der Waals surface area contributed by atoms with Gasteiger partial charge in [-0.1, -0.05) is 32.1 Å². The molecule has 2 rings (SSSR count). The van der Waals surface area contributed by atoms with Crippen LogP contribution in [0, 0.1) is 5.92 Å². The SMILES string of the molecule is CC(NC(=O)C1CCCCCCC1)c1nc(C(=O)O)cs1. The van der Waals surface area contributed by atoms with E-state index in [4.69, 9.17) is 5.11 Å². The quantitative estimate of drug-likeness (QED) is 0.893. The van der Waals surface area contributed by atoms with Crippen LogP contribution in [0.1, 0.15) is 73.4 Å². The summed E-state index contributed by atoms with van der Waals surface area (Å²) in [4.78, 5) is 27.2. The molecule has 1 saturated carbocycles. The molecule has 1 aliphatic rings. The van der Waals surface area contributed by atoms with Crippen molar-refractivity contribution in [1.82, 2.24) is 10.3 Å². The van der Waals surface area contributed by atoms with Crippen molar-refractivity contribution in [3.8, 4) is 0 Å². The predicted molar refractivity (Wildman–Crippen MR) is 81.4 cm³/mol. The van der Waals surface area contributed by atoms with Crippen molar-refractivity contribution >= 4 is 23.2 Å². The minimum absolute atomic E-state index is 0.0436. The number of aromatic nitrogens is 1. The monoisotopic (exact) mass is 310 g/mol. The maximum absolute atomic E-state index is 12.3. The number of thiazole rings is 1. The molecule has 0 aromatic carbocycles. The number of nitrogens with one attached hydrogen (secondary N) is 1. The summed E-state index contributed by atoms with van der Waals surface area (Å²) >= 11 is 1.28. The molecule has 1 aromatic rings. The number of aromatic carboxylic acids is 1. The summed E-state index contributed by atoms with van der Waals surface area (Å²) in [6.07, 6.45) is 7.86. The number of rotatable bonds is 4. The lowest BCUT2D eigenvalue weighted by molar-refractivity contribution is -0.126. The smallest absolute Gasteiger partial charge is 0.355 e. The first-order valence-electron chi connectivity index (χ1n) is 7.57. The highest BCUT2D eigenvalue weighted by Gasteiger charge is 2.22. The molecular weight excluding hydrogens is 288 g/mol. The average molecular weight is 310 g/mol. The number of carboxylic acid groups (broad SMARTS) is 1. The van der Waals surface area contributed by atoms with Gasteiger partial charge >= 0.3 is 5.97 Å². The summed E-state index contributed by atoms with van der Waals surface area (Å²) in [5.74, 6) is -0.862. The van der Waals surface area contributed by atoms with Crippen molar-refractivity contribution in [2.24, 2.45) is 5.92 Å². The highest BCUT2D eigenvalue weighted by molar-refractivity contribution is 7.09. The number of hydrogen-bond donors (Lipinski definition) is 2. The fourth-order valence-electron chi connectivity index (χ4n) is 2.70. The first-order chi connectivity index (χ1) is 10.1. The van der Waals surface area contributed by atoms with E-state index < -0.39 is 5.97 Å². The van der Waals surface area contributed by atoms with E-state index in [1.807, 2.05) is 6.92 Å². The number of carbonyl (C=O) groups excluding carboxylic acids is 1. The summed E-state index contributed by atoms with van der Waals surface area (Å²) in [6, 6.07) is -0.235. The van der Waals surface area contributed by atoms with E-state index in [1.54, 1.807) is 0 Å². The maximum Gasteiger partial charge on any atom is 0.355 e. The lowest BCUT2D eigenvalue weighted by Gasteiger charge is -2.21. The van der Waals surface area contributed by atoms with Crippen LogP contribution in [0.25, 0.3) is 0 Å². The third kappa shape index (κ3) is 4.52. The van der Waals surface area contributed by atoms with Crippen LogP contribution in [0.3, 0.4) is 0 Å². The van der Waals surface area contributed by atoms with Crippen LogP contribution in [0.4, 0.5) is 0 Å². The molecule has 6 heteroatoms. The molecule has 0 spiro atoms. The second-order valence-corrected chi connectivity index (χ2v) is 6.54. The molecule has 21 heavy (non-hydrogen) atoms. The van der Waals surface area contributed by atoms with Crippen molar-refractivity contribution < 1.29 is 14.7 Å². The molecule has 1 heterocycles. The summed E-state index contributed by atoms with van der Waals surface area (Å²) < 4.78 is 0. The molecule has 1 unspecified atom stereocenters. The lowest BCUT2D eigenvalue weighted by Crippen LogP contribution is -2.33. The third-order valence-electron chi connectivity index (χ3n) is 3.95. The van der Waals surface area contributed by atoms with Crippen LogP contribution < -0.4 is 5.32 Å². The highest BCUT2D eigenvalue weighted by Crippen LogP contribution is 2.24. The van der Waals surface area contributed by atoms with Gasteiger partial charge in [-0.2, -0.15) is 0 Å². The average Bonchev–Trinajstić information content (AvgIpc) is 2.87. The summed E-state index contributed by atoms with van der Waals surface area (Å²) in [6.45, 7) is 1.85. The van der Waals surface area contributed by atoms with Crippen molar-refractivity contribution in [2.45, 2.75) is 57.9 Å². The minimum atomic E-state index is -1.03. The topological polar surface area (TPSA) is 79.3 Å². The van der Waals surface area contributed by atoms with E-state index in [0.29, 0.717) is 5.01 Å². The first kappa shape index (κ1) is 15.9. The molecule has 0 aliphatic heterocycles. The van der Waals surface area contributed by atoms with E-state index in [2.05, 4.69) is 10.3 Å². The molecule has 1 fully saturated rings. The van der Waals surface area contributed by atoms with E-state index in [1.165, 1.54) is 36.0 Å². The largest absolute Gasteiger partial charge is 0.476 e. The van der Waals surface area contributed by atoms with Gasteiger partial charge in [0.1, 0.15) is 5.01 Å². The van der Waals surface area contributed by atoms with Crippen LogP contribution >= 0.6 is 11.3 Å². The normalized spacial score (nSPS) is 18.5. The standard InChI is InChI=1S/C15H22N2O3S/c1-10(14-17-12(9-21-14)15(19)20)16-13(18)11-7-5-3-2-4-6-8-11/h9-11H,2-8H2,1H3,(H,16,18)(H,19,20). The molecule has 1 aromatic heterocycles. The molecule has 2 N–H and O–H groups in total. The zero-order valence-electron chi connectivity index (χ0n) is 12.3. The van der Waals surface area contributed by atoms with Crippen LogP contribution in [-0.2, 0) is 4.79 Å². The first-order valence-corrected chi connectivity index (χ1v) is 8.45. The Morgan fingerprint density at radius 1 is 1.29 bits per heavy atom. The Morgan fingerprint density at radius 3 is 2.48 bits per heavy atom. The second-order valence-electron chi connectivity index (χ2n) is 5.65. The molecule has 0 bridgehead atoms. The zero-order chi connectivity index (χ0) is 15.2. The fraction of sp³-hybridized carbons (Fsp3) is 0.667. The van der Waals surface area contributed by atoms with Crippen molar-refractivity contribution in [2.75, 3.05) is 0 Å². The Bertz CT molecular complexity index is 493. The van der Waals surface area contributed by atoms with Crippen molar-refractivity contribution in [3.05, 3.63) is 16.1 Å². The van der Waals surface area contributed by atoms with Gasteiger partial charge in [0.25, 0.3) is 0 Å². The zero-order valence-corrected chi connectivity index (χ0v) is 13.1. The number of carbonyl (C=O) groups is 2. The Labute approximate surface area is 128 Å². The predicted octanol–water partition coefficient (Wildman–Crippen LogP) is 3.38. The van der Waals surface area contributed by atoms with Crippen LogP contribution in [0.2, 0.25) is 0 Å². The van der Waals surface area contributed by atoms with E-state index in [-0.39, 0.29) is 23.6 Å². The van der Waals surface area contributed by atoms with Gasteiger partial charge in [-0.3, -0.25) is 4.79 Å². The maximum atomic E-state index is 12.3. The van der Waals surface area contributed by atoms with Gasteiger partial charge in [0, 0.05) is 11.3 Å². The van der Waals surface area contributed by atoms with Crippen LogP contribution in [0.15, 0.2) is 5.38 Å². The van der Waals surface area contributed by atoms with Gasteiger partial charge in [-0.25, -0.2) is 9.78 Å². The van der Waals surface area contributed by atoms with Crippen molar-refractivity contribution in [1.29, 1.82) is 0 Å². The summed E-state index contributed by atoms with van der Waals surface area (Å²) in [5, 5.41) is 14.0. The Balaban J connectivity index is 1.92. The number of carboxylic acids is 1. The highest BCUT2D eigenvalue weighted by atomic mass is 32.1. The molecule has 5 nitrogen and oxygen atoms in total. The Hall–Kier alpha value is -1.43. The minimum Gasteiger partial charge on any atom is -0.476 e. The number of hydrogen-bond acceptors (Lipinski definition) is 4. The van der Waals surface area contributed by atoms with Gasteiger partial charge in [0.15, 0.2) is 5.69 Å². The number of nitrogens with zero attached hydrogens (tertiary/aromatic N) is 1. The fourth-order valence-corrected chi connectivity index (χ4v) is 3.50. The summed E-state index contributed by atoms with van der Waals surface area (Å²) in [5.41, 5.74) is 0.0436. The molecular formula is C15H22N2O3S. The van der Waals surface area contributed by atoms with E-state index in [0.717, 1.165) is 25.7 Å². The molecule has 1 aliphatic carbocycles. The third-order valence-corrected chi connectivity index (χ3v) is 4.97. The van der Waals surface area contributed by atoms with Gasteiger partial charge in [-0.15, -0.1) is 11.3 Å². The van der Waals surface area contributed by atoms with Crippen LogP contribution in [-0.4, -0.2) is 22.0 Å². The van der Waals surface area contributed by atoms with Crippen LogP contribution in [0.5, 0.6) is 0 Å². The van der Waals surface area contributed by atoms with E-state index in [9.17, 15) is 9.59 Å². The molecule has 1 atom stereocenters. The Morgan fingerprint density at radius 2 is 1.90 bits per heavy atom. The van der Waals surface area contributed by atoms with Gasteiger partial charge < -0.3 is 10.4 Å². The van der Waals surface area contributed by atoms with Gasteiger partial charge in [-0.05, 0) is 19.8 Å². The Kier molecular flexibility index (Phi) is 5.73. The lowest BCUT2D eigenvalue weighted by atomic mass is 9.90. The molecule has 1 amide bonds. The molecule has 0 radical (unpaired) electrons. The number of amides is 1. The van der Waals surface area contributed by atoms with Crippen molar-refractivity contribution in [3.63, 3.8) is 0 Å². The van der Waals surface area contributed by atoms with E-state index >= 15 is 0 Å². The van der Waals surface area contributed by atoms with Gasteiger partial charge in [0.05, 0.1) is 6.04 Å².